The van der Waals surface area contributed by atoms with Crippen molar-refractivity contribution < 1.29 is 14.6 Å². The van der Waals surface area contributed by atoms with Gasteiger partial charge in [0.2, 0.25) is 12.4 Å². The summed E-state index contributed by atoms with van der Waals surface area (Å²) in [5.41, 5.74) is 11.2. The number of aliphatic hydroxyl groups is 1. The van der Waals surface area contributed by atoms with Gasteiger partial charge in [0.05, 0.1) is 17.4 Å². The topological polar surface area (TPSA) is 151 Å². The predicted molar refractivity (Wildman–Crippen MR) is 138 cm³/mol. The maximum absolute atomic E-state index is 10.0. The number of hydrogen-bond donors (Lipinski definition) is 3. The molecule has 1 aromatic carbocycles. The number of hydrogen-bond acceptors (Lipinski definition) is 11. The first-order valence-electron chi connectivity index (χ1n) is 12.2. The maximum atomic E-state index is 10.0. The molecule has 2 atom stereocenters. The molecular weight excluding hydrogens is 474 g/mol. The van der Waals surface area contributed by atoms with Crippen molar-refractivity contribution in [2.24, 2.45) is 5.73 Å². The summed E-state index contributed by atoms with van der Waals surface area (Å²) in [5.74, 6) is 1.25. The van der Waals surface area contributed by atoms with Gasteiger partial charge in [-0.05, 0) is 44.5 Å². The lowest BCUT2D eigenvalue weighted by atomic mass is 10.1. The summed E-state index contributed by atoms with van der Waals surface area (Å²) in [5, 5.41) is 26.5. The molecule has 4 heterocycles. The van der Waals surface area contributed by atoms with Crippen LogP contribution >= 0.6 is 0 Å². The Labute approximate surface area is 214 Å². The van der Waals surface area contributed by atoms with E-state index < -0.39 is 12.6 Å². The molecule has 37 heavy (non-hydrogen) atoms. The Morgan fingerprint density at radius 3 is 2.57 bits per heavy atom. The van der Waals surface area contributed by atoms with Gasteiger partial charge in [0.25, 0.3) is 0 Å². The molecule has 3 aromatic heterocycles. The first kappa shape index (κ1) is 25.0. The van der Waals surface area contributed by atoms with Crippen molar-refractivity contribution in [3.05, 3.63) is 53.6 Å². The zero-order valence-electron chi connectivity index (χ0n) is 21.1. The number of piperazine rings is 1. The van der Waals surface area contributed by atoms with Crippen LogP contribution in [0.5, 0.6) is 5.75 Å². The van der Waals surface area contributed by atoms with Gasteiger partial charge in [-0.25, -0.2) is 9.97 Å². The van der Waals surface area contributed by atoms with Crippen LogP contribution in [0.4, 0.5) is 5.95 Å². The molecular formula is C25H31N9O3. The molecule has 194 valence electrons. The molecule has 4 aromatic rings. The summed E-state index contributed by atoms with van der Waals surface area (Å²) in [6.45, 7) is 8.85. The van der Waals surface area contributed by atoms with E-state index in [1.165, 1.54) is 0 Å². The number of ether oxygens (including phenoxy) is 2. The first-order chi connectivity index (χ1) is 17.9. The van der Waals surface area contributed by atoms with E-state index in [9.17, 15) is 5.11 Å². The number of nitrogens with zero attached hydrogens (tertiary/aromatic N) is 7. The molecule has 12 nitrogen and oxygen atoms in total. The standard InChI is InChI=1S/C25H31N9O3/c1-4-36-25(35)34-9-7-33(8-10-34)24-27-13-17(14-28-24)22-19-11-18(5-6-20(19)31-32-22)37-23(26)21-15(2)12-29-30-16(21)3/h5-6,11-14,23,25,35H,4,7-10,26H2,1-3H3,(H,31,32)/t23-,25?/m0/s1. The number of benzene rings is 1. The number of aromatic nitrogens is 6. The van der Waals surface area contributed by atoms with E-state index in [1.54, 1.807) is 18.6 Å². The third kappa shape index (κ3) is 5.23. The van der Waals surface area contributed by atoms with Crippen molar-refractivity contribution in [1.29, 1.82) is 0 Å². The zero-order valence-corrected chi connectivity index (χ0v) is 21.1. The van der Waals surface area contributed by atoms with Crippen LogP contribution in [0.15, 0.2) is 36.8 Å². The van der Waals surface area contributed by atoms with Crippen molar-refractivity contribution >= 4 is 16.9 Å². The van der Waals surface area contributed by atoms with Gasteiger partial charge in [-0.3, -0.25) is 15.7 Å². The molecule has 0 bridgehead atoms. The fourth-order valence-electron chi connectivity index (χ4n) is 4.54. The summed E-state index contributed by atoms with van der Waals surface area (Å²) in [6.07, 6.45) is 3.67. The van der Waals surface area contributed by atoms with Crippen LogP contribution in [0, 0.1) is 13.8 Å². The minimum atomic E-state index is -0.874. The molecule has 1 saturated heterocycles. The predicted octanol–water partition coefficient (Wildman–Crippen LogP) is 1.90. The molecule has 5 rings (SSSR count). The Hall–Kier alpha value is -3.71. The monoisotopic (exact) mass is 505 g/mol. The number of anilines is 1. The van der Waals surface area contributed by atoms with Gasteiger partial charge in [-0.2, -0.15) is 15.3 Å². The molecule has 1 unspecified atom stereocenters. The SMILES string of the molecule is CCOC(O)N1CCN(c2ncc(-c3n[nH]c4ccc(O[C@H](N)c5c(C)cnnc5C)cc34)cn2)CC1. The highest BCUT2D eigenvalue weighted by Gasteiger charge is 2.24. The number of fused-ring (bicyclic) bond motifs is 1. The average molecular weight is 506 g/mol. The molecule has 0 amide bonds. The molecule has 0 radical (unpaired) electrons. The van der Waals surface area contributed by atoms with Crippen LogP contribution in [0.2, 0.25) is 0 Å². The Bertz CT molecular complexity index is 1330. The van der Waals surface area contributed by atoms with Crippen LogP contribution in [-0.4, -0.2) is 79.6 Å². The molecule has 1 aliphatic rings. The number of aromatic amines is 1. The maximum Gasteiger partial charge on any atom is 0.225 e. The van der Waals surface area contributed by atoms with Crippen LogP contribution in [0.3, 0.4) is 0 Å². The van der Waals surface area contributed by atoms with E-state index in [0.717, 1.165) is 39.0 Å². The van der Waals surface area contributed by atoms with Gasteiger partial charge in [-0.1, -0.05) is 0 Å². The van der Waals surface area contributed by atoms with Crippen molar-refractivity contribution in [2.45, 2.75) is 33.4 Å². The van der Waals surface area contributed by atoms with Gasteiger partial charge in [0.15, 0.2) is 6.23 Å². The van der Waals surface area contributed by atoms with Crippen molar-refractivity contribution in [1.82, 2.24) is 35.3 Å². The summed E-state index contributed by atoms with van der Waals surface area (Å²) in [6, 6.07) is 5.67. The second kappa shape index (κ2) is 10.7. The second-order valence-corrected chi connectivity index (χ2v) is 8.92. The Morgan fingerprint density at radius 2 is 1.86 bits per heavy atom. The molecule has 12 heteroatoms. The van der Waals surface area contributed by atoms with Gasteiger partial charge in [0, 0.05) is 61.7 Å². The van der Waals surface area contributed by atoms with E-state index in [1.807, 2.05) is 43.9 Å². The van der Waals surface area contributed by atoms with Gasteiger partial charge >= 0.3 is 0 Å². The van der Waals surface area contributed by atoms with Gasteiger partial charge < -0.3 is 19.5 Å². The minimum absolute atomic E-state index is 0.468. The van der Waals surface area contributed by atoms with E-state index >= 15 is 0 Å². The Kier molecular flexibility index (Phi) is 7.24. The third-order valence-electron chi connectivity index (χ3n) is 6.49. The number of aliphatic hydroxyl groups excluding tert-OH is 1. The summed E-state index contributed by atoms with van der Waals surface area (Å²) >= 11 is 0. The van der Waals surface area contributed by atoms with Crippen molar-refractivity contribution in [3.63, 3.8) is 0 Å². The van der Waals surface area contributed by atoms with Crippen LogP contribution in [0.1, 0.15) is 30.0 Å². The summed E-state index contributed by atoms with van der Waals surface area (Å²) in [7, 11) is 0. The average Bonchev–Trinajstić information content (AvgIpc) is 3.32. The molecule has 0 spiro atoms. The number of H-pyrrole nitrogens is 1. The Morgan fingerprint density at radius 1 is 1.11 bits per heavy atom. The highest BCUT2D eigenvalue weighted by Crippen LogP contribution is 2.31. The number of rotatable bonds is 8. The normalized spacial score (nSPS) is 16.2. The zero-order chi connectivity index (χ0) is 25.9. The van der Waals surface area contributed by atoms with Crippen LogP contribution < -0.4 is 15.4 Å². The fraction of sp³-hybridized carbons (Fsp3) is 0.400. The smallest absolute Gasteiger partial charge is 0.225 e. The lowest BCUT2D eigenvalue weighted by Crippen LogP contribution is -2.51. The second-order valence-electron chi connectivity index (χ2n) is 8.92. The van der Waals surface area contributed by atoms with Crippen LogP contribution in [0.25, 0.3) is 22.2 Å². The number of nitrogens with one attached hydrogen (secondary N) is 1. The highest BCUT2D eigenvalue weighted by atomic mass is 16.6. The van der Waals surface area contributed by atoms with E-state index in [2.05, 4.69) is 35.3 Å². The van der Waals surface area contributed by atoms with Gasteiger partial charge in [-0.15, -0.1) is 0 Å². The summed E-state index contributed by atoms with van der Waals surface area (Å²) < 4.78 is 11.3. The third-order valence-corrected chi connectivity index (χ3v) is 6.49. The summed E-state index contributed by atoms with van der Waals surface area (Å²) in [4.78, 5) is 13.2. The highest BCUT2D eigenvalue weighted by molar-refractivity contribution is 5.93. The van der Waals surface area contributed by atoms with Crippen molar-refractivity contribution in [3.8, 4) is 17.0 Å². The van der Waals surface area contributed by atoms with Gasteiger partial charge in [0.1, 0.15) is 11.4 Å². The molecule has 0 aliphatic carbocycles. The molecule has 0 saturated carbocycles. The van der Waals surface area contributed by atoms with E-state index in [4.69, 9.17) is 15.2 Å². The van der Waals surface area contributed by atoms with E-state index in [-0.39, 0.29) is 0 Å². The van der Waals surface area contributed by atoms with Crippen molar-refractivity contribution in [2.75, 3.05) is 37.7 Å². The molecule has 4 N–H and O–H groups in total. The minimum Gasteiger partial charge on any atom is -0.471 e. The number of aryl methyl sites for hydroxylation is 2. The molecule has 1 aliphatic heterocycles. The first-order valence-corrected chi connectivity index (χ1v) is 12.2. The van der Waals surface area contributed by atoms with Crippen LogP contribution in [-0.2, 0) is 4.74 Å². The largest absolute Gasteiger partial charge is 0.471 e. The molecule has 1 fully saturated rings. The fourth-order valence-corrected chi connectivity index (χ4v) is 4.54. The van der Waals surface area contributed by atoms with E-state index in [0.29, 0.717) is 44.5 Å². The lowest BCUT2D eigenvalue weighted by Gasteiger charge is -2.36. The lowest BCUT2D eigenvalue weighted by molar-refractivity contribution is -0.191. The number of nitrogens with two attached hydrogens (primary N) is 1. The quantitative estimate of drug-likeness (QED) is 0.301. The Balaban J connectivity index is 1.31.